The number of methoxy groups -OCH3 is 2. The first-order valence-electron chi connectivity index (χ1n) is 15.5. The normalized spacial score (nSPS) is 32.9. The Balaban J connectivity index is 1.76. The first kappa shape index (κ1) is 37.0. The molecule has 1 saturated carbocycles. The zero-order chi connectivity index (χ0) is 35.1. The van der Waals surface area contributed by atoms with Gasteiger partial charge in [-0.2, -0.15) is 0 Å². The molecule has 1 N–H and O–H groups in total. The van der Waals surface area contributed by atoms with Crippen LogP contribution in [0.25, 0.3) is 0 Å². The van der Waals surface area contributed by atoms with Crippen LogP contribution in [0.1, 0.15) is 52.9 Å². The van der Waals surface area contributed by atoms with E-state index >= 15 is 0 Å². The Bertz CT molecular complexity index is 1300. The van der Waals surface area contributed by atoms with E-state index in [1.165, 1.54) is 21.0 Å². The van der Waals surface area contributed by atoms with E-state index in [2.05, 4.69) is 5.32 Å². The standard InChI is InChI=1S/C32H43NO15/c1-15(34)33-25-23(40-7)12-21-13-42-31(20-8-10-22(39-6)11-9-20)47-26(21)28(25)48-32-30(45-19(5)38)29(44-18(4)37)27(43-17(3)36)24(46-32)14-41-16(2)35/h8-11,21,23-32H,12-14H2,1-7H3,(H,33,34). The van der Waals surface area contributed by atoms with Gasteiger partial charge in [-0.25, -0.2) is 0 Å². The Morgan fingerprint density at radius 1 is 0.792 bits per heavy atom. The van der Waals surface area contributed by atoms with Gasteiger partial charge in [-0.3, -0.25) is 24.0 Å². The minimum Gasteiger partial charge on any atom is -0.497 e. The lowest BCUT2D eigenvalue weighted by Crippen LogP contribution is -2.68. The van der Waals surface area contributed by atoms with Crippen molar-refractivity contribution in [2.45, 2.75) is 102 Å². The van der Waals surface area contributed by atoms with Crippen LogP contribution in [0.3, 0.4) is 0 Å². The first-order chi connectivity index (χ1) is 22.8. The van der Waals surface area contributed by atoms with Gasteiger partial charge >= 0.3 is 23.9 Å². The summed E-state index contributed by atoms with van der Waals surface area (Å²) in [5, 5.41) is 2.90. The van der Waals surface area contributed by atoms with Gasteiger partial charge in [-0.15, -0.1) is 0 Å². The Morgan fingerprint density at radius 3 is 1.98 bits per heavy atom. The van der Waals surface area contributed by atoms with Crippen LogP contribution in [0.15, 0.2) is 24.3 Å². The highest BCUT2D eigenvalue weighted by atomic mass is 16.8. The van der Waals surface area contributed by atoms with Gasteiger partial charge < -0.3 is 52.7 Å². The van der Waals surface area contributed by atoms with Crippen molar-refractivity contribution < 1.29 is 71.3 Å². The summed E-state index contributed by atoms with van der Waals surface area (Å²) in [5.74, 6) is -3.02. The molecule has 48 heavy (non-hydrogen) atoms. The fraction of sp³-hybridized carbons (Fsp3) is 0.656. The van der Waals surface area contributed by atoms with Crippen molar-refractivity contribution in [3.8, 4) is 5.75 Å². The van der Waals surface area contributed by atoms with Gasteiger partial charge in [0.05, 0.1) is 32.0 Å². The number of hydrogen-bond acceptors (Lipinski definition) is 15. The Labute approximate surface area is 277 Å². The smallest absolute Gasteiger partial charge is 0.303 e. The van der Waals surface area contributed by atoms with Gasteiger partial charge in [0, 0.05) is 53.2 Å². The average Bonchev–Trinajstić information content (AvgIpc) is 3.02. The minimum absolute atomic E-state index is 0.243. The van der Waals surface area contributed by atoms with Gasteiger partial charge in [0.1, 0.15) is 24.6 Å². The fourth-order valence-corrected chi connectivity index (χ4v) is 6.21. The highest BCUT2D eigenvalue weighted by molar-refractivity contribution is 5.73. The number of esters is 4. The number of hydrogen-bond donors (Lipinski definition) is 1. The van der Waals surface area contributed by atoms with Crippen molar-refractivity contribution in [3.05, 3.63) is 29.8 Å². The number of ether oxygens (including phenoxy) is 10. The van der Waals surface area contributed by atoms with Crippen LogP contribution < -0.4 is 10.1 Å². The van der Waals surface area contributed by atoms with E-state index in [4.69, 9.17) is 47.4 Å². The predicted octanol–water partition coefficient (Wildman–Crippen LogP) is 1.12. The molecule has 2 saturated heterocycles. The molecule has 11 atom stereocenters. The van der Waals surface area contributed by atoms with E-state index in [0.29, 0.717) is 17.7 Å². The lowest BCUT2D eigenvalue weighted by atomic mass is 9.78. The van der Waals surface area contributed by atoms with E-state index in [9.17, 15) is 24.0 Å². The van der Waals surface area contributed by atoms with Crippen LogP contribution in [-0.2, 0) is 66.6 Å². The Hall–Kier alpha value is -3.83. The largest absolute Gasteiger partial charge is 0.497 e. The molecule has 2 aliphatic heterocycles. The molecular formula is C32H43NO15. The molecular weight excluding hydrogens is 638 g/mol. The summed E-state index contributed by atoms with van der Waals surface area (Å²) in [6, 6.07) is 6.31. The van der Waals surface area contributed by atoms with E-state index in [-0.39, 0.29) is 18.4 Å². The molecule has 266 valence electrons. The molecule has 3 fully saturated rings. The van der Waals surface area contributed by atoms with Crippen molar-refractivity contribution in [3.63, 3.8) is 0 Å². The third-order valence-electron chi connectivity index (χ3n) is 8.12. The number of nitrogens with one attached hydrogen (secondary N) is 1. The van der Waals surface area contributed by atoms with Crippen molar-refractivity contribution in [1.29, 1.82) is 0 Å². The van der Waals surface area contributed by atoms with E-state index < -0.39 is 91.8 Å². The van der Waals surface area contributed by atoms with Crippen LogP contribution in [-0.4, -0.2) is 112 Å². The molecule has 0 spiro atoms. The summed E-state index contributed by atoms with van der Waals surface area (Å²) in [4.78, 5) is 61.2. The van der Waals surface area contributed by atoms with Crippen molar-refractivity contribution in [2.24, 2.45) is 5.92 Å². The summed E-state index contributed by atoms with van der Waals surface area (Å²) in [5.41, 5.74) is 0.699. The van der Waals surface area contributed by atoms with Gasteiger partial charge in [-0.05, 0) is 18.6 Å². The number of carbonyl (C=O) groups excluding carboxylic acids is 5. The monoisotopic (exact) mass is 681 g/mol. The van der Waals surface area contributed by atoms with Crippen LogP contribution in [0, 0.1) is 5.92 Å². The molecule has 0 bridgehead atoms. The van der Waals surface area contributed by atoms with Gasteiger partial charge in [0.2, 0.25) is 5.91 Å². The maximum Gasteiger partial charge on any atom is 0.303 e. The molecule has 1 amide bonds. The Kier molecular flexibility index (Phi) is 12.7. The molecule has 1 aromatic rings. The molecule has 1 aromatic carbocycles. The molecule has 1 aliphatic carbocycles. The molecule has 0 radical (unpaired) electrons. The van der Waals surface area contributed by atoms with Crippen molar-refractivity contribution >= 4 is 29.8 Å². The second kappa shape index (κ2) is 16.5. The van der Waals surface area contributed by atoms with E-state index in [1.807, 2.05) is 0 Å². The molecule has 16 heteroatoms. The molecule has 4 rings (SSSR count). The van der Waals surface area contributed by atoms with Crippen LogP contribution in [0.5, 0.6) is 5.75 Å². The highest BCUT2D eigenvalue weighted by Gasteiger charge is 2.57. The van der Waals surface area contributed by atoms with Crippen LogP contribution in [0.2, 0.25) is 0 Å². The lowest BCUT2D eigenvalue weighted by molar-refractivity contribution is -0.348. The third-order valence-corrected chi connectivity index (χ3v) is 8.12. The third kappa shape index (κ3) is 9.19. The quantitative estimate of drug-likeness (QED) is 0.258. The predicted molar refractivity (Wildman–Crippen MR) is 160 cm³/mol. The van der Waals surface area contributed by atoms with Crippen LogP contribution >= 0.6 is 0 Å². The average molecular weight is 682 g/mol. The number of benzene rings is 1. The molecule has 11 unspecified atom stereocenters. The fourth-order valence-electron chi connectivity index (χ4n) is 6.21. The summed E-state index contributed by atoms with van der Waals surface area (Å²) < 4.78 is 58.3. The molecule has 3 aliphatic rings. The number of fused-ring (bicyclic) bond motifs is 1. The topological polar surface area (TPSA) is 190 Å². The number of carbonyl (C=O) groups is 5. The second-order valence-corrected chi connectivity index (χ2v) is 11.7. The van der Waals surface area contributed by atoms with Crippen molar-refractivity contribution in [1.82, 2.24) is 5.32 Å². The van der Waals surface area contributed by atoms with E-state index in [0.717, 1.165) is 20.8 Å². The molecule has 2 heterocycles. The maximum atomic E-state index is 12.5. The van der Waals surface area contributed by atoms with Gasteiger partial charge in [0.15, 0.2) is 30.9 Å². The summed E-state index contributed by atoms with van der Waals surface area (Å²) in [6.45, 7) is 5.71. The zero-order valence-corrected chi connectivity index (χ0v) is 27.9. The molecule has 16 nitrogen and oxygen atoms in total. The summed E-state index contributed by atoms with van der Waals surface area (Å²) in [7, 11) is 3.05. The number of rotatable bonds is 11. The highest BCUT2D eigenvalue weighted by Crippen LogP contribution is 2.41. The maximum absolute atomic E-state index is 12.5. The molecule has 0 aromatic heterocycles. The van der Waals surface area contributed by atoms with Crippen molar-refractivity contribution in [2.75, 3.05) is 27.4 Å². The first-order valence-corrected chi connectivity index (χ1v) is 15.5. The zero-order valence-electron chi connectivity index (χ0n) is 27.9. The van der Waals surface area contributed by atoms with Gasteiger partial charge in [-0.1, -0.05) is 12.1 Å². The summed E-state index contributed by atoms with van der Waals surface area (Å²) in [6.07, 6.45) is -9.79. The summed E-state index contributed by atoms with van der Waals surface area (Å²) >= 11 is 0. The van der Waals surface area contributed by atoms with Gasteiger partial charge in [0.25, 0.3) is 0 Å². The minimum atomic E-state index is -1.52. The number of amides is 1. The Morgan fingerprint density at radius 2 is 1.42 bits per heavy atom. The lowest BCUT2D eigenvalue weighted by Gasteiger charge is -2.51. The van der Waals surface area contributed by atoms with E-state index in [1.54, 1.807) is 31.4 Å². The second-order valence-electron chi connectivity index (χ2n) is 11.7. The van der Waals surface area contributed by atoms with Crippen LogP contribution in [0.4, 0.5) is 0 Å². The SMILES string of the molecule is COc1ccc(C2OCC3CC(OC)C(NC(C)=O)C(OC4OC(COC(C)=O)C(OC(C)=O)C(OC(C)=O)C4OC(C)=O)C3O2)cc1.